The number of benzene rings is 1. The molecule has 0 unspecified atom stereocenters. The molecule has 1 atom stereocenters. The van der Waals surface area contributed by atoms with Crippen molar-refractivity contribution in [2.24, 2.45) is 0 Å². The molecule has 0 aromatic heterocycles. The number of esters is 1. The summed E-state index contributed by atoms with van der Waals surface area (Å²) in [5, 5.41) is 4.57. The molecule has 0 heterocycles. The van der Waals surface area contributed by atoms with Crippen LogP contribution in [0, 0.1) is 11.6 Å². The second kappa shape index (κ2) is 8.80. The van der Waals surface area contributed by atoms with Gasteiger partial charge in [0.15, 0.2) is 6.10 Å². The molecule has 2 N–H and O–H groups in total. The van der Waals surface area contributed by atoms with Crippen LogP contribution in [0.25, 0.3) is 0 Å². The van der Waals surface area contributed by atoms with E-state index in [9.17, 15) is 23.2 Å². The Kier molecular flexibility index (Phi) is 7.35. The molecule has 1 aromatic carbocycles. The van der Waals surface area contributed by atoms with Gasteiger partial charge >= 0.3 is 12.0 Å². The molecule has 0 aliphatic carbocycles. The Morgan fingerprint density at radius 2 is 1.88 bits per heavy atom. The van der Waals surface area contributed by atoms with E-state index in [2.05, 4.69) is 5.32 Å². The van der Waals surface area contributed by atoms with Crippen LogP contribution in [0.3, 0.4) is 0 Å². The lowest BCUT2D eigenvalue weighted by Gasteiger charge is -2.21. The molecule has 0 aliphatic rings. The van der Waals surface area contributed by atoms with E-state index in [0.717, 1.165) is 30.0 Å². The highest BCUT2D eigenvalue weighted by Gasteiger charge is 2.22. The molecular weight excluding hydrogens is 354 g/mol. The molecule has 1 aromatic rings. The first-order valence-electron chi connectivity index (χ1n) is 7.38. The summed E-state index contributed by atoms with van der Waals surface area (Å²) < 4.78 is 31.3. The molecule has 0 fully saturated rings. The second-order valence-electron chi connectivity index (χ2n) is 6.19. The molecule has 25 heavy (non-hydrogen) atoms. The fourth-order valence-electron chi connectivity index (χ4n) is 1.59. The Morgan fingerprint density at radius 1 is 1.24 bits per heavy atom. The van der Waals surface area contributed by atoms with Crippen molar-refractivity contribution in [1.29, 1.82) is 0 Å². The number of urea groups is 1. The van der Waals surface area contributed by atoms with Gasteiger partial charge in [0.2, 0.25) is 0 Å². The first-order chi connectivity index (χ1) is 11.5. The zero-order valence-electron chi connectivity index (χ0n) is 14.3. The molecule has 0 saturated heterocycles. The molecule has 0 bridgehead atoms. The molecule has 1 rings (SSSR count). The molecule has 0 aliphatic heterocycles. The summed E-state index contributed by atoms with van der Waals surface area (Å²) in [7, 11) is 0. The summed E-state index contributed by atoms with van der Waals surface area (Å²) >= 11 is 0.744. The number of thioether (sulfide) groups is 1. The fraction of sp³-hybridized carbons (Fsp3) is 0.438. The van der Waals surface area contributed by atoms with Crippen LogP contribution in [-0.2, 0) is 14.3 Å². The summed E-state index contributed by atoms with van der Waals surface area (Å²) in [6.07, 6.45) is -1.21. The lowest BCUT2D eigenvalue weighted by Crippen LogP contribution is -2.50. The highest BCUT2D eigenvalue weighted by atomic mass is 32.2. The lowest BCUT2D eigenvalue weighted by molar-refractivity contribution is -0.151. The minimum Gasteiger partial charge on any atom is -0.452 e. The third-order valence-corrected chi connectivity index (χ3v) is 3.65. The third-order valence-electron chi connectivity index (χ3n) is 2.64. The standard InChI is InChI=1S/C16H20F2N2O4S/c1-9(14(22)19-15(23)20-16(2,3)4)24-13(21)8-25-12-7-10(17)5-6-11(12)18/h5-7,9H,8H2,1-4H3,(H2,19,20,22,23)/t9-/m1/s1. The highest BCUT2D eigenvalue weighted by molar-refractivity contribution is 8.00. The summed E-state index contributed by atoms with van der Waals surface area (Å²) in [5.41, 5.74) is -0.532. The maximum absolute atomic E-state index is 13.4. The monoisotopic (exact) mass is 374 g/mol. The molecule has 0 saturated carbocycles. The van der Waals surface area contributed by atoms with E-state index in [1.54, 1.807) is 20.8 Å². The van der Waals surface area contributed by atoms with Crippen LogP contribution in [0.4, 0.5) is 13.6 Å². The van der Waals surface area contributed by atoms with Gasteiger partial charge in [0, 0.05) is 10.4 Å². The zero-order chi connectivity index (χ0) is 19.2. The first-order valence-corrected chi connectivity index (χ1v) is 8.37. The number of halogens is 2. The number of hydrogen-bond donors (Lipinski definition) is 2. The van der Waals surface area contributed by atoms with Crippen molar-refractivity contribution < 1.29 is 27.9 Å². The molecule has 6 nitrogen and oxygen atoms in total. The molecule has 0 spiro atoms. The van der Waals surface area contributed by atoms with Gasteiger partial charge in [-0.1, -0.05) is 0 Å². The van der Waals surface area contributed by atoms with Crippen molar-refractivity contribution in [3.63, 3.8) is 0 Å². The molecule has 138 valence electrons. The van der Waals surface area contributed by atoms with Crippen LogP contribution in [0.5, 0.6) is 0 Å². The van der Waals surface area contributed by atoms with Gasteiger partial charge in [-0.2, -0.15) is 0 Å². The van der Waals surface area contributed by atoms with Gasteiger partial charge in [-0.3, -0.25) is 14.9 Å². The molecular formula is C16H20F2N2O4S. The second-order valence-corrected chi connectivity index (χ2v) is 7.21. The van der Waals surface area contributed by atoms with E-state index < -0.39 is 41.2 Å². The van der Waals surface area contributed by atoms with Crippen molar-refractivity contribution in [2.75, 3.05) is 5.75 Å². The minimum absolute atomic E-state index is 0.0430. The average Bonchev–Trinajstić information content (AvgIpc) is 2.46. The van der Waals surface area contributed by atoms with Gasteiger partial charge in [0.25, 0.3) is 5.91 Å². The van der Waals surface area contributed by atoms with E-state index in [1.807, 2.05) is 5.32 Å². The zero-order valence-corrected chi connectivity index (χ0v) is 15.1. The molecule has 3 amide bonds. The van der Waals surface area contributed by atoms with E-state index in [0.29, 0.717) is 0 Å². The van der Waals surface area contributed by atoms with Crippen LogP contribution in [0.1, 0.15) is 27.7 Å². The van der Waals surface area contributed by atoms with Crippen molar-refractivity contribution in [2.45, 2.75) is 44.2 Å². The van der Waals surface area contributed by atoms with E-state index in [4.69, 9.17) is 4.74 Å². The largest absolute Gasteiger partial charge is 0.452 e. The Morgan fingerprint density at radius 3 is 2.48 bits per heavy atom. The smallest absolute Gasteiger partial charge is 0.321 e. The van der Waals surface area contributed by atoms with Crippen molar-refractivity contribution >= 4 is 29.7 Å². The quantitative estimate of drug-likeness (QED) is 0.611. The molecule has 9 heteroatoms. The first kappa shape index (κ1) is 20.9. The van der Waals surface area contributed by atoms with Crippen LogP contribution in [0.2, 0.25) is 0 Å². The normalized spacial score (nSPS) is 12.2. The van der Waals surface area contributed by atoms with Crippen molar-refractivity contribution in [1.82, 2.24) is 10.6 Å². The SMILES string of the molecule is C[C@@H](OC(=O)CSc1cc(F)ccc1F)C(=O)NC(=O)NC(C)(C)C. The van der Waals surface area contributed by atoms with Gasteiger partial charge < -0.3 is 10.1 Å². The molecule has 0 radical (unpaired) electrons. The van der Waals surface area contributed by atoms with Gasteiger partial charge in [-0.15, -0.1) is 11.8 Å². The number of rotatable bonds is 5. The highest BCUT2D eigenvalue weighted by Crippen LogP contribution is 2.22. The number of nitrogens with one attached hydrogen (secondary N) is 2. The van der Waals surface area contributed by atoms with Gasteiger partial charge in [-0.05, 0) is 45.9 Å². The van der Waals surface area contributed by atoms with E-state index in [-0.39, 0.29) is 10.6 Å². The van der Waals surface area contributed by atoms with Crippen LogP contribution in [-0.4, -0.2) is 35.3 Å². The van der Waals surface area contributed by atoms with Crippen LogP contribution >= 0.6 is 11.8 Å². The van der Waals surface area contributed by atoms with Crippen molar-refractivity contribution in [3.05, 3.63) is 29.8 Å². The number of amides is 3. The van der Waals surface area contributed by atoms with Crippen LogP contribution < -0.4 is 10.6 Å². The van der Waals surface area contributed by atoms with E-state index >= 15 is 0 Å². The van der Waals surface area contributed by atoms with Gasteiger partial charge in [0.05, 0.1) is 5.75 Å². The average molecular weight is 374 g/mol. The predicted octanol–water partition coefficient (Wildman–Crippen LogP) is 2.61. The number of carbonyl (C=O) groups is 3. The maximum Gasteiger partial charge on any atom is 0.321 e. The Hall–Kier alpha value is -2.16. The summed E-state index contributed by atoms with van der Waals surface area (Å²) in [4.78, 5) is 35.0. The summed E-state index contributed by atoms with van der Waals surface area (Å²) in [6.45, 7) is 6.51. The summed E-state index contributed by atoms with van der Waals surface area (Å²) in [6, 6.07) is 2.16. The van der Waals surface area contributed by atoms with Crippen molar-refractivity contribution in [3.8, 4) is 0 Å². The Balaban J connectivity index is 2.46. The summed E-state index contributed by atoms with van der Waals surface area (Å²) in [5.74, 6) is -3.20. The van der Waals surface area contributed by atoms with Gasteiger partial charge in [0.1, 0.15) is 11.6 Å². The number of imide groups is 1. The topological polar surface area (TPSA) is 84.5 Å². The minimum atomic E-state index is -1.21. The lowest BCUT2D eigenvalue weighted by atomic mass is 10.1. The third kappa shape index (κ3) is 7.97. The number of carbonyl (C=O) groups excluding carboxylic acids is 3. The van der Waals surface area contributed by atoms with E-state index in [1.165, 1.54) is 6.92 Å². The van der Waals surface area contributed by atoms with Gasteiger partial charge in [-0.25, -0.2) is 13.6 Å². The fourth-order valence-corrected chi connectivity index (χ4v) is 2.34. The predicted molar refractivity (Wildman–Crippen MR) is 89.1 cm³/mol. The Labute approximate surface area is 148 Å². The maximum atomic E-state index is 13.4. The van der Waals surface area contributed by atoms with Crippen LogP contribution in [0.15, 0.2) is 23.1 Å². The number of hydrogen-bond acceptors (Lipinski definition) is 5. The Bertz CT molecular complexity index is 662. The number of ether oxygens (including phenoxy) is 1.